The Balaban J connectivity index is 2.55. The van der Waals surface area contributed by atoms with Crippen molar-refractivity contribution in [1.29, 1.82) is 0 Å². The molecule has 4 nitrogen and oxygen atoms in total. The summed E-state index contributed by atoms with van der Waals surface area (Å²) in [4.78, 5) is 1.99. The van der Waals surface area contributed by atoms with Crippen LogP contribution in [-0.4, -0.2) is 23.9 Å². The lowest BCUT2D eigenvalue weighted by atomic mass is 10.2. The van der Waals surface area contributed by atoms with Gasteiger partial charge in [-0.15, -0.1) is 5.10 Å². The molecule has 0 saturated carbocycles. The number of anilines is 2. The van der Waals surface area contributed by atoms with Crippen molar-refractivity contribution in [2.24, 2.45) is 0 Å². The summed E-state index contributed by atoms with van der Waals surface area (Å²) < 4.78 is 1.85. The molecule has 0 amide bonds. The van der Waals surface area contributed by atoms with E-state index in [4.69, 9.17) is 5.73 Å². The topological polar surface area (TPSA) is 47.1 Å². The minimum Gasteiger partial charge on any atom is -0.382 e. The van der Waals surface area contributed by atoms with Crippen LogP contribution in [0.15, 0.2) is 30.3 Å². The quantitative estimate of drug-likeness (QED) is 0.833. The number of hydrogen-bond donors (Lipinski definition) is 1. The summed E-state index contributed by atoms with van der Waals surface area (Å²) >= 11 is 0. The largest absolute Gasteiger partial charge is 0.382 e. The maximum absolute atomic E-state index is 5.73. The van der Waals surface area contributed by atoms with Gasteiger partial charge in [-0.1, -0.05) is 12.1 Å². The molecular weight excluding hydrogens is 200 g/mol. The van der Waals surface area contributed by atoms with E-state index < -0.39 is 0 Å². The van der Waals surface area contributed by atoms with Gasteiger partial charge in [-0.25, -0.2) is 4.68 Å². The highest BCUT2D eigenvalue weighted by atomic mass is 15.4. The highest BCUT2D eigenvalue weighted by Crippen LogP contribution is 2.20. The van der Waals surface area contributed by atoms with Crippen LogP contribution >= 0.6 is 0 Å². The van der Waals surface area contributed by atoms with E-state index in [1.807, 2.05) is 41.9 Å². The normalized spacial score (nSPS) is 10.4. The molecule has 0 fully saturated rings. The smallest absolute Gasteiger partial charge is 0.148 e. The van der Waals surface area contributed by atoms with Crippen molar-refractivity contribution in [3.8, 4) is 5.69 Å². The Labute approximate surface area is 95.3 Å². The second-order valence-corrected chi connectivity index (χ2v) is 4.07. The van der Waals surface area contributed by atoms with E-state index in [9.17, 15) is 0 Å². The lowest BCUT2D eigenvalue weighted by Crippen LogP contribution is -2.14. The first-order valence-electron chi connectivity index (χ1n) is 5.18. The number of benzene rings is 1. The molecule has 2 aromatic rings. The van der Waals surface area contributed by atoms with E-state index >= 15 is 0 Å². The number of nitrogens with two attached hydrogens (primary N) is 1. The zero-order valence-corrected chi connectivity index (χ0v) is 9.81. The van der Waals surface area contributed by atoms with Crippen molar-refractivity contribution in [1.82, 2.24) is 9.78 Å². The third-order valence-electron chi connectivity index (χ3n) is 2.41. The fourth-order valence-electron chi connectivity index (χ4n) is 1.66. The van der Waals surface area contributed by atoms with Gasteiger partial charge in [0.1, 0.15) is 11.6 Å². The van der Waals surface area contributed by atoms with Crippen molar-refractivity contribution in [2.75, 3.05) is 24.7 Å². The number of aryl methyl sites for hydroxylation is 1. The summed E-state index contributed by atoms with van der Waals surface area (Å²) in [6, 6.07) is 10.0. The van der Waals surface area contributed by atoms with Gasteiger partial charge < -0.3 is 10.6 Å². The number of hydrogen-bond acceptors (Lipinski definition) is 3. The summed E-state index contributed by atoms with van der Waals surface area (Å²) in [6.07, 6.45) is 0. The molecule has 84 valence electrons. The monoisotopic (exact) mass is 216 g/mol. The lowest BCUT2D eigenvalue weighted by Gasteiger charge is -2.14. The molecule has 4 heteroatoms. The van der Waals surface area contributed by atoms with Crippen molar-refractivity contribution >= 4 is 11.6 Å². The zero-order chi connectivity index (χ0) is 11.7. The Bertz CT molecular complexity index is 499. The summed E-state index contributed by atoms with van der Waals surface area (Å²) in [6.45, 7) is 2.06. The predicted molar refractivity (Wildman–Crippen MR) is 67.0 cm³/mol. The molecule has 0 spiro atoms. The van der Waals surface area contributed by atoms with Crippen LogP contribution in [0, 0.1) is 6.92 Å². The molecule has 1 aromatic carbocycles. The summed E-state index contributed by atoms with van der Waals surface area (Å²) in [7, 11) is 3.95. The molecular formula is C12H16N4. The second-order valence-electron chi connectivity index (χ2n) is 4.07. The molecule has 1 aromatic heterocycles. The average Bonchev–Trinajstić information content (AvgIpc) is 2.60. The number of aromatic nitrogens is 2. The molecule has 0 unspecified atom stereocenters. The third-order valence-corrected chi connectivity index (χ3v) is 2.41. The van der Waals surface area contributed by atoms with Gasteiger partial charge in [0.15, 0.2) is 0 Å². The molecule has 0 radical (unpaired) electrons. The van der Waals surface area contributed by atoms with Gasteiger partial charge in [0, 0.05) is 20.2 Å². The van der Waals surface area contributed by atoms with Crippen molar-refractivity contribution < 1.29 is 0 Å². The van der Waals surface area contributed by atoms with Gasteiger partial charge in [0.25, 0.3) is 0 Å². The molecule has 2 rings (SSSR count). The first kappa shape index (κ1) is 10.5. The van der Waals surface area contributed by atoms with Gasteiger partial charge in [-0.2, -0.15) is 0 Å². The van der Waals surface area contributed by atoms with Gasteiger partial charge in [-0.3, -0.25) is 0 Å². The Kier molecular flexibility index (Phi) is 2.56. The van der Waals surface area contributed by atoms with Crippen LogP contribution in [0.5, 0.6) is 0 Å². The van der Waals surface area contributed by atoms with E-state index in [-0.39, 0.29) is 0 Å². The van der Waals surface area contributed by atoms with Crippen LogP contribution in [0.1, 0.15) is 5.56 Å². The van der Waals surface area contributed by atoms with E-state index in [0.717, 1.165) is 11.5 Å². The van der Waals surface area contributed by atoms with E-state index in [0.29, 0.717) is 5.82 Å². The highest BCUT2D eigenvalue weighted by molar-refractivity contribution is 5.53. The number of nitrogen functional groups attached to an aromatic ring is 1. The molecule has 2 N–H and O–H groups in total. The molecule has 16 heavy (non-hydrogen) atoms. The molecule has 0 bridgehead atoms. The standard InChI is InChI=1S/C12H16N4/c1-9-5-4-6-10(7-9)16-12(15(2)3)8-11(13)14-16/h4-8H,1-3H3,(H2,13,14). The maximum atomic E-state index is 5.73. The first-order chi connectivity index (χ1) is 7.58. The van der Waals surface area contributed by atoms with Crippen molar-refractivity contribution in [3.05, 3.63) is 35.9 Å². The summed E-state index contributed by atoms with van der Waals surface area (Å²) in [5.41, 5.74) is 7.97. The fraction of sp³-hybridized carbons (Fsp3) is 0.250. The minimum atomic E-state index is 0.533. The molecule has 0 aliphatic heterocycles. The Hall–Kier alpha value is -1.97. The molecule has 0 aliphatic rings. The average molecular weight is 216 g/mol. The number of nitrogens with zero attached hydrogens (tertiary/aromatic N) is 3. The van der Waals surface area contributed by atoms with Crippen LogP contribution in [0.3, 0.4) is 0 Å². The van der Waals surface area contributed by atoms with Crippen LogP contribution in [0.2, 0.25) is 0 Å². The van der Waals surface area contributed by atoms with Gasteiger partial charge >= 0.3 is 0 Å². The summed E-state index contributed by atoms with van der Waals surface area (Å²) in [5, 5.41) is 4.30. The molecule has 0 atom stereocenters. The lowest BCUT2D eigenvalue weighted by molar-refractivity contribution is 0.857. The van der Waals surface area contributed by atoms with Crippen LogP contribution in [0.25, 0.3) is 5.69 Å². The Morgan fingerprint density at radius 2 is 2.00 bits per heavy atom. The van der Waals surface area contributed by atoms with E-state index in [2.05, 4.69) is 24.2 Å². The maximum Gasteiger partial charge on any atom is 0.148 e. The van der Waals surface area contributed by atoms with Gasteiger partial charge in [-0.05, 0) is 24.6 Å². The van der Waals surface area contributed by atoms with E-state index in [1.54, 1.807) is 0 Å². The molecule has 0 aliphatic carbocycles. The Morgan fingerprint density at radius 3 is 2.62 bits per heavy atom. The van der Waals surface area contributed by atoms with Crippen LogP contribution in [-0.2, 0) is 0 Å². The van der Waals surface area contributed by atoms with Crippen LogP contribution < -0.4 is 10.6 Å². The van der Waals surface area contributed by atoms with Crippen molar-refractivity contribution in [2.45, 2.75) is 6.92 Å². The minimum absolute atomic E-state index is 0.533. The second kappa shape index (κ2) is 3.89. The molecule has 0 saturated heterocycles. The fourth-order valence-corrected chi connectivity index (χ4v) is 1.66. The van der Waals surface area contributed by atoms with Gasteiger partial charge in [0.2, 0.25) is 0 Å². The predicted octanol–water partition coefficient (Wildman–Crippen LogP) is 1.83. The van der Waals surface area contributed by atoms with Crippen LogP contribution in [0.4, 0.5) is 11.6 Å². The third kappa shape index (κ3) is 1.86. The first-order valence-corrected chi connectivity index (χ1v) is 5.18. The van der Waals surface area contributed by atoms with E-state index in [1.165, 1.54) is 5.56 Å². The van der Waals surface area contributed by atoms with Crippen molar-refractivity contribution in [3.63, 3.8) is 0 Å². The van der Waals surface area contributed by atoms with Gasteiger partial charge in [0.05, 0.1) is 5.69 Å². The molecule has 1 heterocycles. The summed E-state index contributed by atoms with van der Waals surface area (Å²) in [5.74, 6) is 1.51. The SMILES string of the molecule is Cc1cccc(-n2nc(N)cc2N(C)C)c1. The zero-order valence-electron chi connectivity index (χ0n) is 9.81. The highest BCUT2D eigenvalue weighted by Gasteiger charge is 2.09. The number of rotatable bonds is 2. The Morgan fingerprint density at radius 1 is 1.25 bits per heavy atom.